The lowest BCUT2D eigenvalue weighted by Gasteiger charge is -2.07. The molecule has 0 saturated carbocycles. The molecule has 3 aromatic rings. The minimum absolute atomic E-state index is 0.237. The van der Waals surface area contributed by atoms with E-state index in [0.29, 0.717) is 22.9 Å². The first-order valence-corrected chi connectivity index (χ1v) is 7.11. The molecule has 0 atom stereocenters. The molecule has 0 radical (unpaired) electrons. The maximum absolute atomic E-state index is 12.1. The van der Waals surface area contributed by atoms with E-state index in [1.807, 2.05) is 6.07 Å². The van der Waals surface area contributed by atoms with Crippen LogP contribution in [-0.4, -0.2) is 15.9 Å². The fourth-order valence-electron chi connectivity index (χ4n) is 1.97. The lowest BCUT2D eigenvalue weighted by molar-refractivity contribution is 0.102. The summed E-state index contributed by atoms with van der Waals surface area (Å²) in [4.78, 5) is 20.1. The Labute approximate surface area is 138 Å². The largest absolute Gasteiger partial charge is 0.439 e. The van der Waals surface area contributed by atoms with Gasteiger partial charge in [0, 0.05) is 17.8 Å². The third-order valence-corrected chi connectivity index (χ3v) is 3.10. The molecule has 0 aliphatic rings. The van der Waals surface area contributed by atoms with Crippen molar-refractivity contribution in [3.8, 4) is 17.7 Å². The summed E-state index contributed by atoms with van der Waals surface area (Å²) in [5.74, 6) is 0.608. The standard InChI is InChI=1S/C18H12N4O2/c19-11-14-3-1-5-17(21-14)24-16-8-6-13(7-9-16)18(23)22-15-4-2-10-20-12-15/h1-10,12H,(H,22,23). The van der Waals surface area contributed by atoms with Crippen molar-refractivity contribution in [1.82, 2.24) is 9.97 Å². The van der Waals surface area contributed by atoms with Crippen LogP contribution in [0.25, 0.3) is 0 Å². The zero-order chi connectivity index (χ0) is 16.8. The molecule has 0 spiro atoms. The summed E-state index contributed by atoms with van der Waals surface area (Å²) in [5.41, 5.74) is 1.39. The predicted molar refractivity (Wildman–Crippen MR) is 87.7 cm³/mol. The van der Waals surface area contributed by atoms with Crippen molar-refractivity contribution in [3.05, 3.63) is 78.2 Å². The van der Waals surface area contributed by atoms with E-state index in [9.17, 15) is 4.79 Å². The molecule has 24 heavy (non-hydrogen) atoms. The Balaban J connectivity index is 1.69. The maximum atomic E-state index is 12.1. The normalized spacial score (nSPS) is 9.79. The second-order valence-electron chi connectivity index (χ2n) is 4.80. The number of carbonyl (C=O) groups excluding carboxylic acids is 1. The second kappa shape index (κ2) is 7.03. The molecule has 0 fully saturated rings. The van der Waals surface area contributed by atoms with Crippen molar-refractivity contribution < 1.29 is 9.53 Å². The SMILES string of the molecule is N#Cc1cccc(Oc2ccc(C(=O)Nc3cccnc3)cc2)n1. The number of hydrogen-bond donors (Lipinski definition) is 1. The van der Waals surface area contributed by atoms with Gasteiger partial charge in [0.05, 0.1) is 11.9 Å². The van der Waals surface area contributed by atoms with Crippen LogP contribution in [0, 0.1) is 11.3 Å². The quantitative estimate of drug-likeness (QED) is 0.797. The minimum Gasteiger partial charge on any atom is -0.439 e. The first-order valence-electron chi connectivity index (χ1n) is 7.11. The number of nitrogens with one attached hydrogen (secondary N) is 1. The van der Waals surface area contributed by atoms with Crippen LogP contribution in [0.4, 0.5) is 5.69 Å². The monoisotopic (exact) mass is 316 g/mol. The van der Waals surface area contributed by atoms with Gasteiger partial charge in [0.15, 0.2) is 0 Å². The minimum atomic E-state index is -0.237. The zero-order valence-electron chi connectivity index (χ0n) is 12.5. The topological polar surface area (TPSA) is 87.9 Å². The van der Waals surface area contributed by atoms with Crippen molar-refractivity contribution in [1.29, 1.82) is 5.26 Å². The Bertz CT molecular complexity index is 887. The van der Waals surface area contributed by atoms with Gasteiger partial charge in [-0.05, 0) is 42.5 Å². The van der Waals surface area contributed by atoms with Gasteiger partial charge in [-0.1, -0.05) is 6.07 Å². The Morgan fingerprint density at radius 3 is 2.62 bits per heavy atom. The van der Waals surface area contributed by atoms with E-state index < -0.39 is 0 Å². The number of rotatable bonds is 4. The highest BCUT2D eigenvalue weighted by atomic mass is 16.5. The molecule has 0 saturated heterocycles. The number of benzene rings is 1. The molecule has 0 unspecified atom stereocenters. The van der Waals surface area contributed by atoms with Gasteiger partial charge in [-0.3, -0.25) is 9.78 Å². The molecule has 1 aromatic carbocycles. The smallest absolute Gasteiger partial charge is 0.255 e. The number of aromatic nitrogens is 2. The number of nitrogens with zero attached hydrogens (tertiary/aromatic N) is 3. The Kier molecular flexibility index (Phi) is 4.45. The number of pyridine rings is 2. The van der Waals surface area contributed by atoms with Gasteiger partial charge in [-0.25, -0.2) is 4.98 Å². The highest BCUT2D eigenvalue weighted by molar-refractivity contribution is 6.04. The summed E-state index contributed by atoms with van der Waals surface area (Å²) in [6, 6.07) is 17.0. The molecule has 6 heteroatoms. The molecular weight excluding hydrogens is 304 g/mol. The molecule has 2 heterocycles. The summed E-state index contributed by atoms with van der Waals surface area (Å²) in [6.07, 6.45) is 3.21. The van der Waals surface area contributed by atoms with Gasteiger partial charge in [-0.2, -0.15) is 5.26 Å². The number of amides is 1. The molecule has 116 valence electrons. The van der Waals surface area contributed by atoms with Gasteiger partial charge >= 0.3 is 0 Å². The summed E-state index contributed by atoms with van der Waals surface area (Å²) in [5, 5.41) is 11.6. The number of hydrogen-bond acceptors (Lipinski definition) is 5. The molecule has 6 nitrogen and oxygen atoms in total. The molecule has 1 amide bonds. The summed E-state index contributed by atoms with van der Waals surface area (Å²) in [7, 11) is 0. The van der Waals surface area contributed by atoms with Crippen LogP contribution >= 0.6 is 0 Å². The molecule has 2 aromatic heterocycles. The average molecular weight is 316 g/mol. The van der Waals surface area contributed by atoms with Crippen LogP contribution in [0.5, 0.6) is 11.6 Å². The van der Waals surface area contributed by atoms with E-state index in [1.165, 1.54) is 0 Å². The van der Waals surface area contributed by atoms with Gasteiger partial charge < -0.3 is 10.1 Å². The van der Waals surface area contributed by atoms with Crippen LogP contribution in [0.3, 0.4) is 0 Å². The van der Waals surface area contributed by atoms with Crippen LogP contribution in [0.15, 0.2) is 67.0 Å². The first-order chi connectivity index (χ1) is 11.7. The summed E-state index contributed by atoms with van der Waals surface area (Å²) >= 11 is 0. The molecule has 0 aliphatic heterocycles. The number of anilines is 1. The highest BCUT2D eigenvalue weighted by Gasteiger charge is 2.07. The molecule has 3 rings (SSSR count). The van der Waals surface area contributed by atoms with E-state index in [1.54, 1.807) is 67.0 Å². The number of ether oxygens (including phenoxy) is 1. The Morgan fingerprint density at radius 1 is 1.08 bits per heavy atom. The zero-order valence-corrected chi connectivity index (χ0v) is 12.5. The number of carbonyl (C=O) groups is 1. The van der Waals surface area contributed by atoms with Gasteiger partial charge in [0.25, 0.3) is 5.91 Å². The fraction of sp³-hybridized carbons (Fsp3) is 0. The summed E-state index contributed by atoms with van der Waals surface area (Å²) in [6.45, 7) is 0. The van der Waals surface area contributed by atoms with Crippen LogP contribution in [-0.2, 0) is 0 Å². The van der Waals surface area contributed by atoms with Crippen molar-refractivity contribution in [2.75, 3.05) is 5.32 Å². The van der Waals surface area contributed by atoms with Gasteiger partial charge in [0.1, 0.15) is 17.5 Å². The van der Waals surface area contributed by atoms with Gasteiger partial charge in [0.2, 0.25) is 5.88 Å². The van der Waals surface area contributed by atoms with Crippen LogP contribution in [0.1, 0.15) is 16.1 Å². The Hall–Kier alpha value is -3.72. The van der Waals surface area contributed by atoms with E-state index in [-0.39, 0.29) is 11.6 Å². The lowest BCUT2D eigenvalue weighted by atomic mass is 10.2. The van der Waals surface area contributed by atoms with Gasteiger partial charge in [-0.15, -0.1) is 0 Å². The molecular formula is C18H12N4O2. The molecule has 1 N–H and O–H groups in total. The third kappa shape index (κ3) is 3.72. The van der Waals surface area contributed by atoms with E-state index in [2.05, 4.69) is 15.3 Å². The predicted octanol–water partition coefficient (Wildman–Crippen LogP) is 3.39. The van der Waals surface area contributed by atoms with Crippen molar-refractivity contribution in [3.63, 3.8) is 0 Å². The molecule has 0 aliphatic carbocycles. The van der Waals surface area contributed by atoms with Crippen molar-refractivity contribution >= 4 is 11.6 Å². The van der Waals surface area contributed by atoms with Crippen molar-refractivity contribution in [2.24, 2.45) is 0 Å². The third-order valence-electron chi connectivity index (χ3n) is 3.10. The molecule has 0 bridgehead atoms. The average Bonchev–Trinajstić information content (AvgIpc) is 2.63. The first kappa shape index (κ1) is 15.2. The van der Waals surface area contributed by atoms with E-state index in [4.69, 9.17) is 10.00 Å². The lowest BCUT2D eigenvalue weighted by Crippen LogP contribution is -2.11. The highest BCUT2D eigenvalue weighted by Crippen LogP contribution is 2.20. The second-order valence-corrected chi connectivity index (χ2v) is 4.80. The van der Waals surface area contributed by atoms with Crippen molar-refractivity contribution in [2.45, 2.75) is 0 Å². The summed E-state index contributed by atoms with van der Waals surface area (Å²) < 4.78 is 5.57. The van der Waals surface area contributed by atoms with E-state index in [0.717, 1.165) is 0 Å². The Morgan fingerprint density at radius 2 is 1.92 bits per heavy atom. The van der Waals surface area contributed by atoms with E-state index >= 15 is 0 Å². The van der Waals surface area contributed by atoms with Crippen LogP contribution in [0.2, 0.25) is 0 Å². The fourth-order valence-corrected chi connectivity index (χ4v) is 1.97. The maximum Gasteiger partial charge on any atom is 0.255 e. The number of nitriles is 1. The van der Waals surface area contributed by atoms with Crippen LogP contribution < -0.4 is 10.1 Å².